The van der Waals surface area contributed by atoms with Crippen LogP contribution in [0.25, 0.3) is 0 Å². The Hall–Kier alpha value is -0.810. The van der Waals surface area contributed by atoms with Crippen LogP contribution in [0.15, 0.2) is 18.2 Å². The van der Waals surface area contributed by atoms with Crippen molar-refractivity contribution < 1.29 is 9.90 Å². The fourth-order valence-electron chi connectivity index (χ4n) is 2.43. The summed E-state index contributed by atoms with van der Waals surface area (Å²) in [5.41, 5.74) is 0.923. The number of carbonyl (C=O) groups excluding carboxylic acids is 1. The average molecular weight is 331 g/mol. The first kappa shape index (κ1) is 16.6. The molecule has 21 heavy (non-hydrogen) atoms. The molecule has 0 saturated carbocycles. The Bertz CT molecular complexity index is 502. The average Bonchev–Trinajstić information content (AvgIpc) is 2.44. The third-order valence-corrected chi connectivity index (χ3v) is 4.48. The van der Waals surface area contributed by atoms with E-state index in [9.17, 15) is 9.90 Å². The van der Waals surface area contributed by atoms with Gasteiger partial charge in [-0.1, -0.05) is 29.3 Å². The van der Waals surface area contributed by atoms with Crippen molar-refractivity contribution in [3.05, 3.63) is 33.8 Å². The highest BCUT2D eigenvalue weighted by molar-refractivity contribution is 6.42. The van der Waals surface area contributed by atoms with Crippen LogP contribution < -0.4 is 5.32 Å². The summed E-state index contributed by atoms with van der Waals surface area (Å²) in [5.74, 6) is -0.0232. The van der Waals surface area contributed by atoms with E-state index in [4.69, 9.17) is 23.2 Å². The summed E-state index contributed by atoms with van der Waals surface area (Å²) in [7, 11) is 0. The number of likely N-dealkylation sites (tertiary alicyclic amines) is 1. The molecule has 0 spiro atoms. The first-order valence-corrected chi connectivity index (χ1v) is 7.86. The van der Waals surface area contributed by atoms with Gasteiger partial charge in [0.15, 0.2) is 0 Å². The Kier molecular flexibility index (Phi) is 5.88. The molecule has 0 bridgehead atoms. The van der Waals surface area contributed by atoms with Gasteiger partial charge in [0.25, 0.3) is 0 Å². The van der Waals surface area contributed by atoms with E-state index >= 15 is 0 Å². The number of halogens is 2. The fourth-order valence-corrected chi connectivity index (χ4v) is 2.74. The third kappa shape index (κ3) is 4.85. The predicted octanol–water partition coefficient (Wildman–Crippen LogP) is 2.63. The van der Waals surface area contributed by atoms with E-state index in [1.807, 2.05) is 13.0 Å². The smallest absolute Gasteiger partial charge is 0.234 e. The highest BCUT2D eigenvalue weighted by Gasteiger charge is 2.20. The number of carbonyl (C=O) groups is 1. The molecule has 1 aromatic carbocycles. The second-order valence-corrected chi connectivity index (χ2v) is 6.28. The number of nitrogens with zero attached hydrogens (tertiary/aromatic N) is 1. The van der Waals surface area contributed by atoms with E-state index < -0.39 is 0 Å². The van der Waals surface area contributed by atoms with Gasteiger partial charge in [-0.25, -0.2) is 0 Å². The first-order valence-electron chi connectivity index (χ1n) is 7.10. The molecule has 1 fully saturated rings. The molecule has 1 unspecified atom stereocenters. The molecule has 6 heteroatoms. The Morgan fingerprint density at radius 3 is 2.67 bits per heavy atom. The minimum absolute atomic E-state index is 0.0232. The summed E-state index contributed by atoms with van der Waals surface area (Å²) < 4.78 is 0. The van der Waals surface area contributed by atoms with E-state index in [1.165, 1.54) is 0 Å². The van der Waals surface area contributed by atoms with Crippen molar-refractivity contribution in [2.24, 2.45) is 0 Å². The fraction of sp³-hybridized carbons (Fsp3) is 0.533. The molecule has 1 atom stereocenters. The molecule has 116 valence electrons. The van der Waals surface area contributed by atoms with Gasteiger partial charge in [0, 0.05) is 13.1 Å². The summed E-state index contributed by atoms with van der Waals surface area (Å²) in [6.07, 6.45) is 1.24. The molecule has 1 aliphatic heterocycles. The monoisotopic (exact) mass is 330 g/mol. The Balaban J connectivity index is 1.85. The zero-order chi connectivity index (χ0) is 15.4. The van der Waals surface area contributed by atoms with Crippen molar-refractivity contribution in [2.75, 3.05) is 19.6 Å². The standard InChI is InChI=1S/C15H20Cl2N2O2/c1-10(11-2-3-13(16)14(17)8-11)18-15(21)9-19-6-4-12(20)5-7-19/h2-3,8,10,12,20H,4-7,9H2,1H3,(H,18,21). The highest BCUT2D eigenvalue weighted by atomic mass is 35.5. The van der Waals surface area contributed by atoms with Gasteiger partial charge in [0.1, 0.15) is 0 Å². The van der Waals surface area contributed by atoms with Crippen LogP contribution in [0.3, 0.4) is 0 Å². The molecule has 1 heterocycles. The number of hydrogen-bond donors (Lipinski definition) is 2. The number of amides is 1. The Labute approximate surface area is 135 Å². The number of nitrogens with one attached hydrogen (secondary N) is 1. The Morgan fingerprint density at radius 2 is 2.05 bits per heavy atom. The molecule has 1 saturated heterocycles. The maximum Gasteiger partial charge on any atom is 0.234 e. The van der Waals surface area contributed by atoms with Crippen LogP contribution in [0.1, 0.15) is 31.4 Å². The van der Waals surface area contributed by atoms with Crippen molar-refractivity contribution in [1.82, 2.24) is 10.2 Å². The molecule has 0 aromatic heterocycles. The Morgan fingerprint density at radius 1 is 1.38 bits per heavy atom. The maximum absolute atomic E-state index is 12.1. The lowest BCUT2D eigenvalue weighted by Crippen LogP contribution is -2.43. The van der Waals surface area contributed by atoms with Crippen molar-refractivity contribution in [3.63, 3.8) is 0 Å². The molecule has 0 radical (unpaired) electrons. The van der Waals surface area contributed by atoms with Gasteiger partial charge in [0.2, 0.25) is 5.91 Å². The van der Waals surface area contributed by atoms with Crippen molar-refractivity contribution >= 4 is 29.1 Å². The van der Waals surface area contributed by atoms with Crippen molar-refractivity contribution in [3.8, 4) is 0 Å². The molecule has 1 aromatic rings. The van der Waals surface area contributed by atoms with Crippen LogP contribution in [0.2, 0.25) is 10.0 Å². The van der Waals surface area contributed by atoms with Crippen LogP contribution in [0, 0.1) is 0 Å². The summed E-state index contributed by atoms with van der Waals surface area (Å²) in [6, 6.07) is 5.23. The number of aliphatic hydroxyl groups is 1. The summed E-state index contributed by atoms with van der Waals surface area (Å²) in [6.45, 7) is 3.79. The largest absolute Gasteiger partial charge is 0.393 e. The van der Waals surface area contributed by atoms with Crippen LogP contribution >= 0.6 is 23.2 Å². The molecular weight excluding hydrogens is 311 g/mol. The van der Waals surface area contributed by atoms with Gasteiger partial charge in [-0.15, -0.1) is 0 Å². The SMILES string of the molecule is CC(NC(=O)CN1CCC(O)CC1)c1ccc(Cl)c(Cl)c1. The minimum atomic E-state index is -0.223. The topological polar surface area (TPSA) is 52.6 Å². The first-order chi connectivity index (χ1) is 9.95. The summed E-state index contributed by atoms with van der Waals surface area (Å²) in [5, 5.41) is 13.4. The van der Waals surface area contributed by atoms with Crippen molar-refractivity contribution in [1.29, 1.82) is 0 Å². The minimum Gasteiger partial charge on any atom is -0.393 e. The van der Waals surface area contributed by atoms with Crippen LogP contribution in [0.5, 0.6) is 0 Å². The van der Waals surface area contributed by atoms with Gasteiger partial charge in [-0.2, -0.15) is 0 Å². The third-order valence-electron chi connectivity index (χ3n) is 3.75. The second-order valence-electron chi connectivity index (χ2n) is 5.47. The van der Waals surface area contributed by atoms with Gasteiger partial charge in [-0.05, 0) is 37.5 Å². The van der Waals surface area contributed by atoms with Gasteiger partial charge < -0.3 is 10.4 Å². The number of piperidine rings is 1. The lowest BCUT2D eigenvalue weighted by Gasteiger charge is -2.29. The zero-order valence-corrected chi connectivity index (χ0v) is 13.5. The summed E-state index contributed by atoms with van der Waals surface area (Å²) >= 11 is 11.9. The second kappa shape index (κ2) is 7.45. The van der Waals surface area contributed by atoms with E-state index in [2.05, 4.69) is 10.2 Å². The van der Waals surface area contributed by atoms with Crippen molar-refractivity contribution in [2.45, 2.75) is 31.9 Å². The van der Waals surface area contributed by atoms with E-state index in [-0.39, 0.29) is 18.1 Å². The van der Waals surface area contributed by atoms with Gasteiger partial charge >= 0.3 is 0 Å². The zero-order valence-electron chi connectivity index (χ0n) is 12.0. The predicted molar refractivity (Wildman–Crippen MR) is 84.7 cm³/mol. The number of aliphatic hydroxyl groups excluding tert-OH is 1. The summed E-state index contributed by atoms with van der Waals surface area (Å²) in [4.78, 5) is 14.1. The molecule has 0 aliphatic carbocycles. The molecule has 4 nitrogen and oxygen atoms in total. The molecular formula is C15H20Cl2N2O2. The number of hydrogen-bond acceptors (Lipinski definition) is 3. The van der Waals surface area contributed by atoms with Crippen LogP contribution in [0.4, 0.5) is 0 Å². The van der Waals surface area contributed by atoms with Gasteiger partial charge in [0.05, 0.1) is 28.7 Å². The van der Waals surface area contributed by atoms with E-state index in [0.29, 0.717) is 16.6 Å². The lowest BCUT2D eigenvalue weighted by molar-refractivity contribution is -0.123. The lowest BCUT2D eigenvalue weighted by atomic mass is 10.1. The maximum atomic E-state index is 12.1. The normalized spacial score (nSPS) is 18.5. The van der Waals surface area contributed by atoms with E-state index in [0.717, 1.165) is 31.5 Å². The van der Waals surface area contributed by atoms with E-state index in [1.54, 1.807) is 12.1 Å². The molecule has 1 aliphatic rings. The van der Waals surface area contributed by atoms with Crippen LogP contribution in [-0.4, -0.2) is 41.7 Å². The van der Waals surface area contributed by atoms with Crippen LogP contribution in [-0.2, 0) is 4.79 Å². The number of rotatable bonds is 4. The van der Waals surface area contributed by atoms with Gasteiger partial charge in [-0.3, -0.25) is 9.69 Å². The molecule has 2 rings (SSSR count). The highest BCUT2D eigenvalue weighted by Crippen LogP contribution is 2.25. The molecule has 1 amide bonds. The quantitative estimate of drug-likeness (QED) is 0.892. The number of benzene rings is 1. The molecule has 2 N–H and O–H groups in total.